The lowest BCUT2D eigenvalue weighted by atomic mass is 10.0. The summed E-state index contributed by atoms with van der Waals surface area (Å²) in [6.07, 6.45) is 0. The second-order valence-corrected chi connectivity index (χ2v) is 5.88. The monoisotopic (exact) mass is 234 g/mol. The highest BCUT2D eigenvalue weighted by Crippen LogP contribution is 2.16. The van der Waals surface area contributed by atoms with Gasteiger partial charge in [0, 0.05) is 25.2 Å². The molecule has 0 bridgehead atoms. The Labute approximate surface area is 106 Å². The maximum atomic E-state index is 2.53. The summed E-state index contributed by atoms with van der Waals surface area (Å²) in [7, 11) is 4.26. The molecule has 0 fully saturated rings. The number of hydrogen-bond acceptors (Lipinski definition) is 2. The van der Waals surface area contributed by atoms with E-state index in [-0.39, 0.29) is 5.54 Å². The minimum atomic E-state index is 0.214. The molecular weight excluding hydrogens is 208 g/mol. The van der Waals surface area contributed by atoms with Gasteiger partial charge in [0.15, 0.2) is 0 Å². The number of nitrogens with zero attached hydrogens (tertiary/aromatic N) is 2. The second-order valence-electron chi connectivity index (χ2n) is 5.88. The van der Waals surface area contributed by atoms with Crippen LogP contribution in [-0.2, 0) is 6.54 Å². The van der Waals surface area contributed by atoms with E-state index in [9.17, 15) is 0 Å². The average Bonchev–Trinajstić information content (AvgIpc) is 2.23. The van der Waals surface area contributed by atoms with Crippen molar-refractivity contribution < 1.29 is 0 Å². The van der Waals surface area contributed by atoms with E-state index in [0.717, 1.165) is 19.6 Å². The summed E-state index contributed by atoms with van der Waals surface area (Å²) in [5.74, 6) is 0. The first kappa shape index (κ1) is 14.2. The molecular formula is C15H26N2. The summed E-state index contributed by atoms with van der Waals surface area (Å²) in [4.78, 5) is 4.77. The van der Waals surface area contributed by atoms with Crippen LogP contribution in [-0.4, -0.2) is 42.5 Å². The normalized spacial score (nSPS) is 12.4. The molecule has 17 heavy (non-hydrogen) atoms. The zero-order valence-corrected chi connectivity index (χ0v) is 11.9. The molecule has 0 unspecified atom stereocenters. The van der Waals surface area contributed by atoms with Crippen molar-refractivity contribution in [1.29, 1.82) is 0 Å². The van der Waals surface area contributed by atoms with Crippen LogP contribution < -0.4 is 0 Å². The van der Waals surface area contributed by atoms with Gasteiger partial charge in [-0.25, -0.2) is 0 Å². The zero-order chi connectivity index (χ0) is 12.9. The predicted molar refractivity (Wildman–Crippen MR) is 75.2 cm³/mol. The molecule has 2 nitrogen and oxygen atoms in total. The molecule has 0 N–H and O–H groups in total. The topological polar surface area (TPSA) is 6.48 Å². The van der Waals surface area contributed by atoms with Crippen LogP contribution in [0.4, 0.5) is 0 Å². The van der Waals surface area contributed by atoms with Gasteiger partial charge in [0.2, 0.25) is 0 Å². The molecule has 0 aliphatic heterocycles. The van der Waals surface area contributed by atoms with Gasteiger partial charge in [-0.3, -0.25) is 4.90 Å². The van der Waals surface area contributed by atoms with Gasteiger partial charge in [0.05, 0.1) is 0 Å². The highest BCUT2D eigenvalue weighted by molar-refractivity contribution is 5.14. The quantitative estimate of drug-likeness (QED) is 0.773. The van der Waals surface area contributed by atoms with Gasteiger partial charge in [-0.2, -0.15) is 0 Å². The van der Waals surface area contributed by atoms with Crippen LogP contribution in [0.5, 0.6) is 0 Å². The fraction of sp³-hybridized carbons (Fsp3) is 0.600. The summed E-state index contributed by atoms with van der Waals surface area (Å²) in [5, 5.41) is 0. The highest BCUT2D eigenvalue weighted by Gasteiger charge is 2.20. The van der Waals surface area contributed by atoms with E-state index in [2.05, 4.69) is 75.0 Å². The molecule has 0 aliphatic rings. The van der Waals surface area contributed by atoms with Crippen LogP contribution in [0.25, 0.3) is 0 Å². The fourth-order valence-corrected chi connectivity index (χ4v) is 1.78. The van der Waals surface area contributed by atoms with E-state index in [0.29, 0.717) is 0 Å². The summed E-state index contributed by atoms with van der Waals surface area (Å²) in [6.45, 7) is 10.1. The van der Waals surface area contributed by atoms with E-state index in [4.69, 9.17) is 0 Å². The van der Waals surface area contributed by atoms with Gasteiger partial charge in [-0.15, -0.1) is 0 Å². The third kappa shape index (κ3) is 5.33. The van der Waals surface area contributed by atoms with Gasteiger partial charge in [0.1, 0.15) is 0 Å². The average molecular weight is 234 g/mol. The molecule has 0 aliphatic carbocycles. The molecule has 0 heterocycles. The minimum Gasteiger partial charge on any atom is -0.308 e. The summed E-state index contributed by atoms with van der Waals surface area (Å²) in [5.41, 5.74) is 1.60. The van der Waals surface area contributed by atoms with E-state index in [1.54, 1.807) is 0 Å². The molecule has 0 aromatic heterocycles. The largest absolute Gasteiger partial charge is 0.308 e. The standard InChI is InChI=1S/C15H26N2/c1-15(2,3)17(12-11-16(4)5)13-14-9-7-6-8-10-14/h6-10H,11-13H2,1-5H3. The lowest BCUT2D eigenvalue weighted by molar-refractivity contribution is 0.116. The van der Waals surface area contributed by atoms with Crippen molar-refractivity contribution in [3.63, 3.8) is 0 Å². The van der Waals surface area contributed by atoms with Crippen molar-refractivity contribution in [3.8, 4) is 0 Å². The number of rotatable bonds is 5. The molecule has 0 spiro atoms. The molecule has 1 rings (SSSR count). The van der Waals surface area contributed by atoms with Crippen molar-refractivity contribution in [2.24, 2.45) is 0 Å². The number of hydrogen-bond donors (Lipinski definition) is 0. The molecule has 0 saturated carbocycles. The van der Waals surface area contributed by atoms with Crippen molar-refractivity contribution >= 4 is 0 Å². The Bertz CT molecular complexity index is 311. The van der Waals surface area contributed by atoms with Gasteiger partial charge in [-0.1, -0.05) is 30.3 Å². The maximum Gasteiger partial charge on any atom is 0.0239 e. The predicted octanol–water partition coefficient (Wildman–Crippen LogP) is 2.85. The molecule has 1 aromatic carbocycles. The Balaban J connectivity index is 2.64. The van der Waals surface area contributed by atoms with E-state index >= 15 is 0 Å². The van der Waals surface area contributed by atoms with Crippen LogP contribution in [0.2, 0.25) is 0 Å². The Morgan fingerprint density at radius 2 is 1.53 bits per heavy atom. The van der Waals surface area contributed by atoms with Crippen molar-refractivity contribution in [1.82, 2.24) is 9.80 Å². The second kappa shape index (κ2) is 6.18. The first-order valence-corrected chi connectivity index (χ1v) is 6.33. The molecule has 1 aromatic rings. The van der Waals surface area contributed by atoms with E-state index in [1.165, 1.54) is 5.56 Å². The van der Waals surface area contributed by atoms with Crippen LogP contribution in [0, 0.1) is 0 Å². The Morgan fingerprint density at radius 1 is 0.941 bits per heavy atom. The minimum absolute atomic E-state index is 0.214. The highest BCUT2D eigenvalue weighted by atomic mass is 15.2. The first-order chi connectivity index (χ1) is 7.89. The molecule has 0 radical (unpaired) electrons. The summed E-state index contributed by atoms with van der Waals surface area (Å²) >= 11 is 0. The lowest BCUT2D eigenvalue weighted by Crippen LogP contribution is -2.44. The Hall–Kier alpha value is -0.860. The fourth-order valence-electron chi connectivity index (χ4n) is 1.78. The number of likely N-dealkylation sites (N-methyl/N-ethyl adjacent to an activating group) is 1. The van der Waals surface area contributed by atoms with Crippen molar-refractivity contribution in [2.45, 2.75) is 32.9 Å². The van der Waals surface area contributed by atoms with Gasteiger partial charge in [0.25, 0.3) is 0 Å². The van der Waals surface area contributed by atoms with Crippen molar-refractivity contribution in [3.05, 3.63) is 35.9 Å². The smallest absolute Gasteiger partial charge is 0.0239 e. The molecule has 0 atom stereocenters. The Morgan fingerprint density at radius 3 is 2.00 bits per heavy atom. The van der Waals surface area contributed by atoms with Gasteiger partial charge < -0.3 is 4.90 Å². The van der Waals surface area contributed by atoms with E-state index in [1.807, 2.05) is 0 Å². The third-order valence-electron chi connectivity index (χ3n) is 2.98. The van der Waals surface area contributed by atoms with Crippen LogP contribution in [0.3, 0.4) is 0 Å². The van der Waals surface area contributed by atoms with Gasteiger partial charge >= 0.3 is 0 Å². The van der Waals surface area contributed by atoms with Crippen molar-refractivity contribution in [2.75, 3.05) is 27.2 Å². The molecule has 2 heteroatoms. The lowest BCUT2D eigenvalue weighted by Gasteiger charge is -2.36. The van der Waals surface area contributed by atoms with Gasteiger partial charge in [-0.05, 0) is 40.4 Å². The maximum absolute atomic E-state index is 2.53. The summed E-state index contributed by atoms with van der Waals surface area (Å²) in [6, 6.07) is 10.7. The third-order valence-corrected chi connectivity index (χ3v) is 2.98. The van der Waals surface area contributed by atoms with Crippen LogP contribution in [0.15, 0.2) is 30.3 Å². The SMILES string of the molecule is CN(C)CCN(Cc1ccccc1)C(C)(C)C. The van der Waals surface area contributed by atoms with Crippen LogP contribution >= 0.6 is 0 Å². The molecule has 0 saturated heterocycles. The zero-order valence-electron chi connectivity index (χ0n) is 11.9. The summed E-state index contributed by atoms with van der Waals surface area (Å²) < 4.78 is 0. The van der Waals surface area contributed by atoms with Crippen LogP contribution in [0.1, 0.15) is 26.3 Å². The molecule has 96 valence electrons. The first-order valence-electron chi connectivity index (χ1n) is 6.33. The number of benzene rings is 1. The Kier molecular flexibility index (Phi) is 5.16. The van der Waals surface area contributed by atoms with E-state index < -0.39 is 0 Å². The molecule has 0 amide bonds.